The number of pyridine rings is 1. The van der Waals surface area contributed by atoms with Crippen molar-refractivity contribution in [2.24, 2.45) is 0 Å². The maximum absolute atomic E-state index is 10.3. The Morgan fingerprint density at radius 1 is 0.957 bits per heavy atom. The van der Waals surface area contributed by atoms with Crippen molar-refractivity contribution in [3.8, 4) is 16.9 Å². The van der Waals surface area contributed by atoms with Crippen molar-refractivity contribution in [2.45, 2.75) is 107 Å². The molecule has 3 aromatic rings. The third-order valence-corrected chi connectivity index (χ3v) is 9.71. The molecule has 8 N–H and O–H groups in total. The van der Waals surface area contributed by atoms with Gasteiger partial charge in [-0.2, -0.15) is 0 Å². The number of nitrogens with zero attached hydrogens (tertiary/aromatic N) is 1. The average molecular weight is 670 g/mol. The van der Waals surface area contributed by atoms with E-state index >= 15 is 0 Å². The predicted molar refractivity (Wildman–Crippen MR) is 180 cm³/mol. The highest BCUT2D eigenvalue weighted by molar-refractivity contribution is 6.31. The van der Waals surface area contributed by atoms with Gasteiger partial charge in [-0.05, 0) is 91.3 Å². The molecule has 11 heteroatoms. The number of rotatable bonds is 19. The molecule has 2 aliphatic rings. The first-order valence-corrected chi connectivity index (χ1v) is 17.0. The summed E-state index contributed by atoms with van der Waals surface area (Å²) in [5.74, 6) is 1.13. The number of aromatic nitrogens is 1. The van der Waals surface area contributed by atoms with Crippen LogP contribution in [0.4, 0.5) is 0 Å². The summed E-state index contributed by atoms with van der Waals surface area (Å²) in [7, 11) is 0. The summed E-state index contributed by atoms with van der Waals surface area (Å²) in [6, 6.07) is 16.4. The molecule has 1 heterocycles. The summed E-state index contributed by atoms with van der Waals surface area (Å²) >= 11 is 6.68. The van der Waals surface area contributed by atoms with Crippen molar-refractivity contribution in [3.05, 3.63) is 82.6 Å². The van der Waals surface area contributed by atoms with E-state index in [1.807, 2.05) is 42.7 Å². The minimum atomic E-state index is -1.70. The molecule has 10 nitrogen and oxygen atoms in total. The van der Waals surface area contributed by atoms with Gasteiger partial charge in [0, 0.05) is 41.6 Å². The molecule has 0 saturated heterocycles. The maximum atomic E-state index is 10.3. The third-order valence-electron chi connectivity index (χ3n) is 9.34. The predicted octanol–water partition coefficient (Wildman–Crippen LogP) is 3.34. The number of hydrogen-bond acceptors (Lipinski definition) is 10. The van der Waals surface area contributed by atoms with Gasteiger partial charge in [0.2, 0.25) is 0 Å². The quantitative estimate of drug-likeness (QED) is 0.0887. The Morgan fingerprint density at radius 3 is 2.43 bits per heavy atom. The molecular formula is C36H48ClN3O7. The molecule has 0 spiro atoms. The van der Waals surface area contributed by atoms with Crippen LogP contribution in [0, 0.1) is 0 Å². The number of para-hydroxylation sites is 1. The summed E-state index contributed by atoms with van der Waals surface area (Å²) in [6.45, 7) is 1.81. The van der Waals surface area contributed by atoms with Crippen LogP contribution in [-0.2, 0) is 12.1 Å². The fourth-order valence-electron chi connectivity index (χ4n) is 5.96. The van der Waals surface area contributed by atoms with Gasteiger partial charge in [-0.15, -0.1) is 0 Å². The average Bonchev–Trinajstić information content (AvgIpc) is 4.03. The Morgan fingerprint density at radius 2 is 1.70 bits per heavy atom. The van der Waals surface area contributed by atoms with Crippen molar-refractivity contribution in [3.63, 3.8) is 0 Å². The normalized spacial score (nSPS) is 19.4. The fraction of sp³-hybridized carbons (Fsp3) is 0.528. The molecule has 0 bridgehead atoms. The van der Waals surface area contributed by atoms with Crippen LogP contribution in [-0.4, -0.2) is 85.5 Å². The number of hydrogen-bond donors (Lipinski definition) is 8. The van der Waals surface area contributed by atoms with Crippen LogP contribution in [0.25, 0.3) is 11.1 Å². The lowest BCUT2D eigenvalue weighted by Crippen LogP contribution is -2.50. The Labute approximate surface area is 281 Å². The smallest absolute Gasteiger partial charge is 0.127 e. The molecule has 2 saturated carbocycles. The van der Waals surface area contributed by atoms with Gasteiger partial charge in [0.05, 0.1) is 18.8 Å². The third kappa shape index (κ3) is 9.29. The van der Waals surface area contributed by atoms with Gasteiger partial charge < -0.3 is 40.7 Å². The van der Waals surface area contributed by atoms with Crippen LogP contribution in [0.15, 0.2) is 60.9 Å². The highest BCUT2D eigenvalue weighted by Crippen LogP contribution is 2.50. The Bertz CT molecular complexity index is 1450. The lowest BCUT2D eigenvalue weighted by Gasteiger charge is -2.26. The van der Waals surface area contributed by atoms with Crippen LogP contribution in [0.2, 0.25) is 5.02 Å². The second-order valence-corrected chi connectivity index (χ2v) is 13.5. The van der Waals surface area contributed by atoms with Gasteiger partial charge in [-0.25, -0.2) is 0 Å². The van der Waals surface area contributed by atoms with Crippen molar-refractivity contribution in [1.29, 1.82) is 0 Å². The molecule has 6 atom stereocenters. The standard InChI is InChI=1S/C36H48ClN3O7/c1-22(5-4-8-33(44)39-20-30(42)34(45)35(46)31(43)21-41)23-9-12-29(37)24(17-23)18-40-36(14-15-36)28-19-38-16-13-26(28)27-6-2-3-7-32(27)47-25-10-11-25/h2-3,6-7,9,12-13,16-17,19,22,25,30-31,33-35,39-46H,4-5,8,10-11,14-15,18,20-21H2,1H3/t22-,30+,31-,33?,34-,35-/m1/s1. The zero-order chi connectivity index (χ0) is 33.6. The number of nitrogens with one attached hydrogen (secondary N) is 2. The molecule has 2 aromatic carbocycles. The molecule has 47 heavy (non-hydrogen) atoms. The first-order valence-electron chi connectivity index (χ1n) is 16.6. The van der Waals surface area contributed by atoms with Gasteiger partial charge in [-0.3, -0.25) is 10.3 Å². The topological polar surface area (TPSA) is 168 Å². The van der Waals surface area contributed by atoms with Crippen LogP contribution in [0.3, 0.4) is 0 Å². The van der Waals surface area contributed by atoms with E-state index in [1.54, 1.807) is 0 Å². The monoisotopic (exact) mass is 669 g/mol. The van der Waals surface area contributed by atoms with Gasteiger partial charge in [0.25, 0.3) is 0 Å². The first-order chi connectivity index (χ1) is 22.6. The second kappa shape index (κ2) is 16.2. The molecule has 0 amide bonds. The van der Waals surface area contributed by atoms with Crippen LogP contribution >= 0.6 is 11.6 Å². The van der Waals surface area contributed by atoms with Crippen molar-refractivity contribution in [1.82, 2.24) is 15.6 Å². The number of halogens is 1. The molecule has 2 aliphatic carbocycles. The SMILES string of the molecule is C[C@H](CCCC(O)NC[C@H](O)[C@@H](O)[C@H](O)[C@H](O)CO)c1ccc(Cl)c(CNC2(c3cnccc3-c3ccccc3OC3CC3)CC2)c1. The zero-order valence-electron chi connectivity index (χ0n) is 26.8. The second-order valence-electron chi connectivity index (χ2n) is 13.1. The molecule has 1 aromatic heterocycles. The molecule has 2 fully saturated rings. The van der Waals surface area contributed by atoms with Crippen LogP contribution < -0.4 is 15.4 Å². The minimum absolute atomic E-state index is 0.190. The van der Waals surface area contributed by atoms with E-state index in [9.17, 15) is 25.5 Å². The summed E-state index contributed by atoms with van der Waals surface area (Å²) in [5, 5.41) is 65.7. The van der Waals surface area contributed by atoms with E-state index in [0.717, 1.165) is 60.1 Å². The van der Waals surface area contributed by atoms with Crippen LogP contribution in [0.5, 0.6) is 5.75 Å². The Balaban J connectivity index is 1.15. The van der Waals surface area contributed by atoms with Gasteiger partial charge >= 0.3 is 0 Å². The van der Waals surface area contributed by atoms with Crippen molar-refractivity contribution >= 4 is 11.6 Å². The number of ether oxygens (including phenoxy) is 1. The highest BCUT2D eigenvalue weighted by atomic mass is 35.5. The van der Waals surface area contributed by atoms with Crippen LogP contribution in [0.1, 0.15) is 74.5 Å². The number of benzene rings is 2. The Hall–Kier alpha value is -2.64. The van der Waals surface area contributed by atoms with Gasteiger partial charge in [0.15, 0.2) is 0 Å². The van der Waals surface area contributed by atoms with E-state index in [2.05, 4.69) is 40.7 Å². The lowest BCUT2D eigenvalue weighted by molar-refractivity contribution is -0.115. The molecule has 256 valence electrons. The number of aliphatic hydroxyl groups is 6. The van der Waals surface area contributed by atoms with Crippen molar-refractivity contribution in [2.75, 3.05) is 13.2 Å². The minimum Gasteiger partial charge on any atom is -0.490 e. The highest BCUT2D eigenvalue weighted by Gasteiger charge is 2.46. The molecule has 1 unspecified atom stereocenters. The summed E-state index contributed by atoms with van der Waals surface area (Å²) < 4.78 is 6.25. The first kappa shape index (κ1) is 35.7. The van der Waals surface area contributed by atoms with E-state index in [0.29, 0.717) is 30.5 Å². The largest absolute Gasteiger partial charge is 0.490 e. The van der Waals surface area contributed by atoms with E-state index in [4.69, 9.17) is 21.4 Å². The molecular weight excluding hydrogens is 622 g/mol. The number of aliphatic hydroxyl groups excluding tert-OH is 6. The van der Waals surface area contributed by atoms with Crippen molar-refractivity contribution < 1.29 is 35.4 Å². The Kier molecular flexibility index (Phi) is 12.3. The van der Waals surface area contributed by atoms with E-state index < -0.39 is 37.3 Å². The molecule has 0 aliphatic heterocycles. The van der Waals surface area contributed by atoms with E-state index in [-0.39, 0.29) is 18.0 Å². The zero-order valence-corrected chi connectivity index (χ0v) is 27.6. The fourth-order valence-corrected chi connectivity index (χ4v) is 6.15. The van der Waals surface area contributed by atoms with E-state index in [1.165, 1.54) is 5.56 Å². The summed E-state index contributed by atoms with van der Waals surface area (Å²) in [6.07, 6.45) is 2.96. The summed E-state index contributed by atoms with van der Waals surface area (Å²) in [4.78, 5) is 4.49. The summed E-state index contributed by atoms with van der Waals surface area (Å²) in [5.41, 5.74) is 5.37. The molecule has 0 radical (unpaired) electrons. The van der Waals surface area contributed by atoms with Gasteiger partial charge in [-0.1, -0.05) is 48.9 Å². The molecule has 5 rings (SSSR count). The lowest BCUT2D eigenvalue weighted by atomic mass is 9.93. The van der Waals surface area contributed by atoms with Gasteiger partial charge in [0.1, 0.15) is 30.3 Å². The maximum Gasteiger partial charge on any atom is 0.127 e.